The smallest absolute Gasteiger partial charge is 0.308 e. The summed E-state index contributed by atoms with van der Waals surface area (Å²) in [5.41, 5.74) is 1.22. The van der Waals surface area contributed by atoms with Crippen LogP contribution in [0.5, 0.6) is 0 Å². The third-order valence-electron chi connectivity index (χ3n) is 3.85. The van der Waals surface area contributed by atoms with Crippen molar-refractivity contribution < 1.29 is 9.90 Å². The van der Waals surface area contributed by atoms with E-state index in [1.54, 1.807) is 0 Å². The molecule has 18 heavy (non-hydrogen) atoms. The molecule has 0 heterocycles. The van der Waals surface area contributed by atoms with E-state index in [0.29, 0.717) is 0 Å². The van der Waals surface area contributed by atoms with Gasteiger partial charge in [-0.2, -0.15) is 0 Å². The van der Waals surface area contributed by atoms with E-state index >= 15 is 0 Å². The SMILES string of the molecule is C[C@H](N[C@H]1CCCC[C@H]1C(=O)O)c1ccccc1. The highest BCUT2D eigenvalue weighted by molar-refractivity contribution is 5.71. The average Bonchev–Trinajstić information content (AvgIpc) is 2.40. The Morgan fingerprint density at radius 1 is 1.28 bits per heavy atom. The number of carboxylic acids is 1. The highest BCUT2D eigenvalue weighted by atomic mass is 16.4. The van der Waals surface area contributed by atoms with Crippen LogP contribution in [-0.4, -0.2) is 17.1 Å². The third-order valence-corrected chi connectivity index (χ3v) is 3.85. The number of benzene rings is 1. The van der Waals surface area contributed by atoms with Crippen molar-refractivity contribution in [1.82, 2.24) is 5.32 Å². The molecule has 0 bridgehead atoms. The minimum Gasteiger partial charge on any atom is -0.481 e. The molecule has 2 N–H and O–H groups in total. The molecule has 0 spiro atoms. The van der Waals surface area contributed by atoms with Gasteiger partial charge in [-0.25, -0.2) is 0 Å². The molecule has 3 atom stereocenters. The molecule has 0 radical (unpaired) electrons. The molecule has 0 aliphatic heterocycles. The van der Waals surface area contributed by atoms with Gasteiger partial charge in [-0.05, 0) is 25.3 Å². The van der Waals surface area contributed by atoms with Crippen molar-refractivity contribution >= 4 is 5.97 Å². The van der Waals surface area contributed by atoms with Gasteiger partial charge in [-0.1, -0.05) is 43.2 Å². The number of hydrogen-bond donors (Lipinski definition) is 2. The summed E-state index contributed by atoms with van der Waals surface area (Å²) in [4.78, 5) is 11.2. The topological polar surface area (TPSA) is 49.3 Å². The van der Waals surface area contributed by atoms with Gasteiger partial charge in [0.15, 0.2) is 0 Å². The minimum atomic E-state index is -0.660. The van der Waals surface area contributed by atoms with Crippen molar-refractivity contribution in [2.24, 2.45) is 5.92 Å². The highest BCUT2D eigenvalue weighted by Crippen LogP contribution is 2.27. The van der Waals surface area contributed by atoms with Crippen molar-refractivity contribution in [3.63, 3.8) is 0 Å². The molecule has 2 rings (SSSR count). The molecular formula is C15H21NO2. The van der Waals surface area contributed by atoms with Gasteiger partial charge in [0.05, 0.1) is 5.92 Å². The van der Waals surface area contributed by atoms with E-state index in [0.717, 1.165) is 25.7 Å². The Balaban J connectivity index is 2.01. The van der Waals surface area contributed by atoms with Crippen LogP contribution in [0, 0.1) is 5.92 Å². The van der Waals surface area contributed by atoms with Crippen molar-refractivity contribution in [2.45, 2.75) is 44.7 Å². The average molecular weight is 247 g/mol. The Bertz CT molecular complexity index is 391. The summed E-state index contributed by atoms with van der Waals surface area (Å²) >= 11 is 0. The van der Waals surface area contributed by atoms with Gasteiger partial charge in [0.2, 0.25) is 0 Å². The van der Waals surface area contributed by atoms with Crippen molar-refractivity contribution in [1.29, 1.82) is 0 Å². The molecule has 1 aromatic rings. The van der Waals surface area contributed by atoms with Gasteiger partial charge in [0, 0.05) is 12.1 Å². The van der Waals surface area contributed by atoms with Crippen LogP contribution in [-0.2, 0) is 4.79 Å². The zero-order chi connectivity index (χ0) is 13.0. The number of carboxylic acid groups (broad SMARTS) is 1. The molecule has 1 aromatic carbocycles. The van der Waals surface area contributed by atoms with Gasteiger partial charge in [-0.15, -0.1) is 0 Å². The van der Waals surface area contributed by atoms with Crippen LogP contribution in [0.25, 0.3) is 0 Å². The van der Waals surface area contributed by atoms with Crippen LogP contribution in [0.15, 0.2) is 30.3 Å². The standard InChI is InChI=1S/C15H21NO2/c1-11(12-7-3-2-4-8-12)16-14-10-6-5-9-13(14)15(17)18/h2-4,7-8,11,13-14,16H,5-6,9-10H2,1H3,(H,17,18)/t11-,13+,14-/m0/s1. The van der Waals surface area contributed by atoms with Crippen LogP contribution in [0.3, 0.4) is 0 Å². The second-order valence-electron chi connectivity index (χ2n) is 5.13. The van der Waals surface area contributed by atoms with Crippen LogP contribution < -0.4 is 5.32 Å². The van der Waals surface area contributed by atoms with Gasteiger partial charge >= 0.3 is 5.97 Å². The summed E-state index contributed by atoms with van der Waals surface area (Å²) < 4.78 is 0. The summed E-state index contributed by atoms with van der Waals surface area (Å²) in [5, 5.41) is 12.7. The summed E-state index contributed by atoms with van der Waals surface area (Å²) in [6.07, 6.45) is 3.93. The van der Waals surface area contributed by atoms with Gasteiger partial charge in [-0.3, -0.25) is 4.79 Å². The maximum absolute atomic E-state index is 11.2. The Kier molecular flexibility index (Phi) is 4.37. The number of rotatable bonds is 4. The van der Waals surface area contributed by atoms with Crippen LogP contribution in [0.2, 0.25) is 0 Å². The molecule has 3 nitrogen and oxygen atoms in total. The number of nitrogens with one attached hydrogen (secondary N) is 1. The lowest BCUT2D eigenvalue weighted by molar-refractivity contribution is -0.143. The van der Waals surface area contributed by atoms with E-state index in [-0.39, 0.29) is 18.0 Å². The highest BCUT2D eigenvalue weighted by Gasteiger charge is 2.31. The fourth-order valence-corrected chi connectivity index (χ4v) is 2.78. The van der Waals surface area contributed by atoms with Crippen molar-refractivity contribution in [3.05, 3.63) is 35.9 Å². The molecule has 3 heteroatoms. The predicted molar refractivity (Wildman–Crippen MR) is 71.4 cm³/mol. The molecule has 1 saturated carbocycles. The monoisotopic (exact) mass is 247 g/mol. The fourth-order valence-electron chi connectivity index (χ4n) is 2.78. The van der Waals surface area contributed by atoms with Crippen LogP contribution >= 0.6 is 0 Å². The minimum absolute atomic E-state index is 0.103. The van der Waals surface area contributed by atoms with Crippen LogP contribution in [0.4, 0.5) is 0 Å². The molecule has 0 saturated heterocycles. The van der Waals surface area contributed by atoms with Crippen molar-refractivity contribution in [2.75, 3.05) is 0 Å². The summed E-state index contributed by atoms with van der Waals surface area (Å²) in [7, 11) is 0. The van der Waals surface area contributed by atoms with Crippen molar-refractivity contribution in [3.8, 4) is 0 Å². The molecule has 1 aliphatic rings. The van der Waals surface area contributed by atoms with Gasteiger partial charge in [0.25, 0.3) is 0 Å². The Morgan fingerprint density at radius 3 is 2.61 bits per heavy atom. The first-order valence-electron chi connectivity index (χ1n) is 6.72. The normalized spacial score (nSPS) is 25.6. The molecule has 98 valence electrons. The quantitative estimate of drug-likeness (QED) is 0.860. The Morgan fingerprint density at radius 2 is 1.94 bits per heavy atom. The van der Waals surface area contributed by atoms with E-state index in [9.17, 15) is 9.90 Å². The third kappa shape index (κ3) is 3.10. The lowest BCUT2D eigenvalue weighted by atomic mass is 9.84. The van der Waals surface area contributed by atoms with E-state index in [2.05, 4.69) is 24.4 Å². The lowest BCUT2D eigenvalue weighted by Gasteiger charge is -2.32. The zero-order valence-electron chi connectivity index (χ0n) is 10.8. The van der Waals surface area contributed by atoms with Gasteiger partial charge < -0.3 is 10.4 Å². The molecule has 0 aromatic heterocycles. The number of aliphatic carboxylic acids is 1. The summed E-state index contributed by atoms with van der Waals surface area (Å²) in [5.74, 6) is -0.891. The second-order valence-corrected chi connectivity index (χ2v) is 5.13. The van der Waals surface area contributed by atoms with Crippen LogP contribution in [0.1, 0.15) is 44.2 Å². The first-order chi connectivity index (χ1) is 8.68. The van der Waals surface area contributed by atoms with E-state index in [1.807, 2.05) is 18.2 Å². The van der Waals surface area contributed by atoms with E-state index in [4.69, 9.17) is 0 Å². The van der Waals surface area contributed by atoms with E-state index < -0.39 is 5.97 Å². The maximum atomic E-state index is 11.2. The largest absolute Gasteiger partial charge is 0.481 e. The second kappa shape index (κ2) is 6.01. The van der Waals surface area contributed by atoms with Gasteiger partial charge in [0.1, 0.15) is 0 Å². The summed E-state index contributed by atoms with van der Waals surface area (Å²) in [6, 6.07) is 10.5. The Hall–Kier alpha value is -1.35. The summed E-state index contributed by atoms with van der Waals surface area (Å²) in [6.45, 7) is 2.10. The first kappa shape index (κ1) is 13.1. The van der Waals surface area contributed by atoms with E-state index in [1.165, 1.54) is 5.56 Å². The molecule has 0 amide bonds. The predicted octanol–water partition coefficient (Wildman–Crippen LogP) is 2.98. The molecule has 1 aliphatic carbocycles. The fraction of sp³-hybridized carbons (Fsp3) is 0.533. The first-order valence-corrected chi connectivity index (χ1v) is 6.72. The maximum Gasteiger partial charge on any atom is 0.308 e. The molecule has 1 fully saturated rings. The molecular weight excluding hydrogens is 226 g/mol. The number of carbonyl (C=O) groups is 1. The Labute approximate surface area is 108 Å². The number of hydrogen-bond acceptors (Lipinski definition) is 2. The molecule has 0 unspecified atom stereocenters. The zero-order valence-corrected chi connectivity index (χ0v) is 10.8. The lowest BCUT2D eigenvalue weighted by Crippen LogP contribution is -2.43.